The zero-order chi connectivity index (χ0) is 17.6. The molecule has 6 nitrogen and oxygen atoms in total. The van der Waals surface area contributed by atoms with Crippen LogP contribution in [-0.4, -0.2) is 12.8 Å². The van der Waals surface area contributed by atoms with Crippen LogP contribution in [0.4, 0.5) is 0 Å². The first-order valence-electron chi connectivity index (χ1n) is 7.59. The van der Waals surface area contributed by atoms with Crippen molar-refractivity contribution in [3.05, 3.63) is 81.3 Å². The summed E-state index contributed by atoms with van der Waals surface area (Å²) in [5.41, 5.74) is 3.18. The molecule has 0 aliphatic heterocycles. The molecule has 0 amide bonds. The number of oxime groups is 1. The van der Waals surface area contributed by atoms with Gasteiger partial charge in [-0.25, -0.2) is 0 Å². The van der Waals surface area contributed by atoms with Crippen molar-refractivity contribution in [3.8, 4) is 5.75 Å². The Morgan fingerprint density at radius 2 is 1.96 bits per heavy atom. The molecule has 3 rings (SSSR count). The van der Waals surface area contributed by atoms with E-state index in [2.05, 4.69) is 5.16 Å². The number of hydrogen-bond acceptors (Lipinski definition) is 6. The molecule has 7 heteroatoms. The minimum atomic E-state index is 0.338. The highest BCUT2D eigenvalue weighted by Gasteiger charge is 2.20. The number of ether oxygens (including phenoxy) is 1. The molecule has 0 saturated carbocycles. The monoisotopic (exact) mass is 357 g/mol. The average Bonchev–Trinajstić information content (AvgIpc) is 3.05. The van der Waals surface area contributed by atoms with Gasteiger partial charge in [0.2, 0.25) is 0 Å². The van der Waals surface area contributed by atoms with E-state index in [9.17, 15) is 4.91 Å². The van der Waals surface area contributed by atoms with E-state index in [1.165, 1.54) is 7.11 Å². The lowest BCUT2D eigenvalue weighted by molar-refractivity contribution is -0.644. The van der Waals surface area contributed by atoms with Crippen LogP contribution in [0.25, 0.3) is 0 Å². The van der Waals surface area contributed by atoms with E-state index in [1.54, 1.807) is 5.38 Å². The van der Waals surface area contributed by atoms with Crippen LogP contribution in [0.5, 0.6) is 5.75 Å². The van der Waals surface area contributed by atoms with Crippen molar-refractivity contribution in [3.63, 3.8) is 0 Å². The van der Waals surface area contributed by atoms with Crippen molar-refractivity contribution >= 4 is 17.2 Å². The van der Waals surface area contributed by atoms with Gasteiger partial charge in [0.15, 0.2) is 5.71 Å². The average molecular weight is 357 g/mol. The van der Waals surface area contributed by atoms with Gasteiger partial charge in [-0.05, 0) is 24.1 Å². The zero-order valence-electron chi connectivity index (χ0n) is 13.8. The van der Waals surface area contributed by atoms with E-state index in [0.29, 0.717) is 22.1 Å². The molecule has 25 heavy (non-hydrogen) atoms. The molecule has 1 heterocycles. The van der Waals surface area contributed by atoms with Gasteiger partial charge in [-0.15, -0.1) is 0 Å². The second kappa shape index (κ2) is 7.76. The third kappa shape index (κ3) is 3.95. The van der Waals surface area contributed by atoms with Crippen LogP contribution in [0.3, 0.4) is 0 Å². The van der Waals surface area contributed by atoms with Crippen molar-refractivity contribution in [2.45, 2.75) is 13.5 Å². The summed E-state index contributed by atoms with van der Waals surface area (Å²) in [6.45, 7) is 2.35. The molecular formula is C18H17N2O4S+. The molecule has 0 aliphatic rings. The molecular weight excluding hydrogens is 340 g/mol. The maximum atomic E-state index is 11.3. The molecule has 2 aromatic carbocycles. The predicted molar refractivity (Wildman–Crippen MR) is 94.6 cm³/mol. The number of aromatic nitrogens is 1. The first kappa shape index (κ1) is 16.9. The largest absolute Gasteiger partial charge is 0.489 e. The number of rotatable bonds is 6. The van der Waals surface area contributed by atoms with E-state index in [1.807, 2.05) is 55.5 Å². The number of para-hydroxylation sites is 1. The lowest BCUT2D eigenvalue weighted by Crippen LogP contribution is -2.11. The van der Waals surface area contributed by atoms with Crippen molar-refractivity contribution in [1.82, 2.24) is 0 Å². The van der Waals surface area contributed by atoms with Crippen molar-refractivity contribution < 1.29 is 18.1 Å². The lowest BCUT2D eigenvalue weighted by Gasteiger charge is -2.12. The molecule has 0 aliphatic carbocycles. The highest BCUT2D eigenvalue weighted by molar-refractivity contribution is 6.99. The SMILES string of the molecule is CON=C(c1cs[n+](=O)o1)c1ccccc1COc1ccccc1C. The molecule has 0 spiro atoms. The van der Waals surface area contributed by atoms with Crippen molar-refractivity contribution in [2.75, 3.05) is 7.11 Å². The number of nitrogens with zero attached hydrogens (tertiary/aromatic N) is 2. The van der Waals surface area contributed by atoms with Crippen molar-refractivity contribution in [2.24, 2.45) is 5.16 Å². The second-order valence-corrected chi connectivity index (χ2v) is 5.98. The summed E-state index contributed by atoms with van der Waals surface area (Å²) in [4.78, 5) is 16.3. The van der Waals surface area contributed by atoms with Crippen LogP contribution in [0.15, 0.2) is 63.6 Å². The summed E-state index contributed by atoms with van der Waals surface area (Å²) in [5.74, 6) is 1.16. The Kier molecular flexibility index (Phi) is 5.25. The van der Waals surface area contributed by atoms with Crippen LogP contribution in [0.1, 0.15) is 22.5 Å². The lowest BCUT2D eigenvalue weighted by atomic mass is 10.0. The zero-order valence-corrected chi connectivity index (χ0v) is 14.7. The predicted octanol–water partition coefficient (Wildman–Crippen LogP) is 3.54. The molecule has 0 fully saturated rings. The minimum Gasteiger partial charge on any atom is -0.489 e. The summed E-state index contributed by atoms with van der Waals surface area (Å²) >= 11 is 0.898. The van der Waals surface area contributed by atoms with Gasteiger partial charge in [-0.1, -0.05) is 47.6 Å². The van der Waals surface area contributed by atoms with Gasteiger partial charge in [-0.3, -0.25) is 0 Å². The molecule has 128 valence electrons. The van der Waals surface area contributed by atoms with E-state index < -0.39 is 0 Å². The van der Waals surface area contributed by atoms with E-state index >= 15 is 0 Å². The Balaban J connectivity index is 1.93. The Morgan fingerprint density at radius 1 is 1.20 bits per heavy atom. The van der Waals surface area contributed by atoms with Gasteiger partial charge in [0.25, 0.3) is 17.3 Å². The molecule has 0 N–H and O–H groups in total. The number of benzene rings is 2. The van der Waals surface area contributed by atoms with Crippen LogP contribution < -0.4 is 8.73 Å². The maximum Gasteiger partial charge on any atom is 0.333 e. The number of hydrogen-bond donors (Lipinski definition) is 0. The first-order chi connectivity index (χ1) is 12.2. The van der Waals surface area contributed by atoms with Crippen LogP contribution in [0, 0.1) is 11.8 Å². The van der Waals surface area contributed by atoms with Gasteiger partial charge in [0.05, 0.1) is 4.91 Å². The standard InChI is InChI=1S/C18H17N2O4S/c1-13-7-3-6-10-16(13)23-11-14-8-4-5-9-15(14)18(19-22-2)17-12-25-20(21)24-17/h3-10,12H,11H2,1-2H3/q+1. The molecule has 0 radical (unpaired) electrons. The van der Waals surface area contributed by atoms with Crippen molar-refractivity contribution in [1.29, 1.82) is 0 Å². The van der Waals surface area contributed by atoms with E-state index in [-0.39, 0.29) is 0 Å². The fourth-order valence-corrected chi connectivity index (χ4v) is 2.84. The Morgan fingerprint density at radius 3 is 2.68 bits per heavy atom. The van der Waals surface area contributed by atoms with Gasteiger partial charge >= 0.3 is 3.99 Å². The van der Waals surface area contributed by atoms with Gasteiger partial charge in [0, 0.05) is 5.56 Å². The summed E-state index contributed by atoms with van der Waals surface area (Å²) < 4.78 is 11.5. The topological polar surface area (TPSA) is 66.9 Å². The fraction of sp³-hybridized carbons (Fsp3) is 0.167. The molecule has 0 unspecified atom stereocenters. The summed E-state index contributed by atoms with van der Waals surface area (Å²) in [6, 6.07) is 15.5. The van der Waals surface area contributed by atoms with Crippen LogP contribution in [0.2, 0.25) is 0 Å². The Hall–Kier alpha value is -2.93. The molecule has 3 aromatic rings. The minimum absolute atomic E-state index is 0.338. The molecule has 0 saturated heterocycles. The third-order valence-corrected chi connectivity index (χ3v) is 4.15. The second-order valence-electron chi connectivity index (χ2n) is 5.24. The highest BCUT2D eigenvalue weighted by Crippen LogP contribution is 2.21. The van der Waals surface area contributed by atoms with Gasteiger partial charge in [-0.2, -0.15) is 4.52 Å². The first-order valence-corrected chi connectivity index (χ1v) is 8.43. The normalized spacial score (nSPS) is 11.4. The number of aryl methyl sites for hydroxylation is 1. The maximum absolute atomic E-state index is 11.3. The van der Waals surface area contributed by atoms with E-state index in [0.717, 1.165) is 34.0 Å². The van der Waals surface area contributed by atoms with Gasteiger partial charge < -0.3 is 9.57 Å². The summed E-state index contributed by atoms with van der Waals surface area (Å²) in [5, 5.41) is 5.62. The highest BCUT2D eigenvalue weighted by atomic mass is 32.1. The molecule has 0 atom stereocenters. The summed E-state index contributed by atoms with van der Waals surface area (Å²) in [7, 11) is 1.45. The molecule has 1 aromatic heterocycles. The molecule has 0 bridgehead atoms. The smallest absolute Gasteiger partial charge is 0.333 e. The van der Waals surface area contributed by atoms with Crippen LogP contribution in [-0.2, 0) is 11.4 Å². The van der Waals surface area contributed by atoms with Gasteiger partial charge in [0.1, 0.15) is 24.8 Å². The fourth-order valence-electron chi connectivity index (χ4n) is 2.38. The summed E-state index contributed by atoms with van der Waals surface area (Å²) in [6.07, 6.45) is 0. The quantitative estimate of drug-likeness (QED) is 0.500. The third-order valence-electron chi connectivity index (χ3n) is 3.58. The Bertz CT molecular complexity index is 946. The Labute approximate surface area is 148 Å². The van der Waals surface area contributed by atoms with E-state index in [4.69, 9.17) is 14.1 Å². The van der Waals surface area contributed by atoms with Crippen LogP contribution >= 0.6 is 11.5 Å².